The summed E-state index contributed by atoms with van der Waals surface area (Å²) in [6.07, 6.45) is 0.561. The summed E-state index contributed by atoms with van der Waals surface area (Å²) in [7, 11) is 0. The largest absolute Gasteiger partial charge is 0.488 e. The Balaban J connectivity index is 1.66. The maximum Gasteiger partial charge on any atom is 0.340 e. The topological polar surface area (TPSA) is 39.4 Å². The fourth-order valence-corrected chi connectivity index (χ4v) is 3.74. The first kappa shape index (κ1) is 19.5. The van der Waals surface area contributed by atoms with E-state index in [2.05, 4.69) is 15.9 Å². The second-order valence-electron chi connectivity index (χ2n) is 7.14. The number of hydrogen-bond acceptors (Lipinski definition) is 3. The molecule has 0 fully saturated rings. The van der Waals surface area contributed by atoms with Crippen LogP contribution in [0.15, 0.2) is 80.4 Å². The molecule has 1 aromatic heterocycles. The number of halogens is 1. The molecule has 146 valence electrons. The van der Waals surface area contributed by atoms with Crippen LogP contribution in [0.4, 0.5) is 0 Å². The van der Waals surface area contributed by atoms with Gasteiger partial charge >= 0.3 is 5.63 Å². The van der Waals surface area contributed by atoms with Crippen LogP contribution >= 0.6 is 15.9 Å². The Morgan fingerprint density at radius 1 is 0.862 bits per heavy atom. The van der Waals surface area contributed by atoms with Gasteiger partial charge in [0.1, 0.15) is 17.9 Å². The minimum atomic E-state index is -0.285. The summed E-state index contributed by atoms with van der Waals surface area (Å²) in [6, 6.07) is 21.9. The summed E-state index contributed by atoms with van der Waals surface area (Å²) in [5.41, 5.74) is 4.97. The molecular weight excluding hydrogens is 428 g/mol. The van der Waals surface area contributed by atoms with Gasteiger partial charge in [-0.1, -0.05) is 58.4 Å². The van der Waals surface area contributed by atoms with Gasteiger partial charge in [0.05, 0.1) is 0 Å². The van der Waals surface area contributed by atoms with Crippen molar-refractivity contribution < 1.29 is 9.15 Å². The second kappa shape index (κ2) is 8.26. The minimum Gasteiger partial charge on any atom is -0.488 e. The van der Waals surface area contributed by atoms with Crippen LogP contribution in [-0.2, 0) is 13.0 Å². The van der Waals surface area contributed by atoms with Crippen LogP contribution in [-0.4, -0.2) is 0 Å². The Hall–Kier alpha value is -2.85. The third-order valence-electron chi connectivity index (χ3n) is 5.19. The zero-order valence-corrected chi connectivity index (χ0v) is 18.0. The van der Waals surface area contributed by atoms with Gasteiger partial charge in [0.2, 0.25) is 0 Å². The molecule has 0 amide bonds. The summed E-state index contributed by atoms with van der Waals surface area (Å²) >= 11 is 3.44. The maximum atomic E-state index is 12.7. The van der Waals surface area contributed by atoms with E-state index in [0.717, 1.165) is 37.9 Å². The van der Waals surface area contributed by atoms with Gasteiger partial charge in [-0.05, 0) is 54.8 Å². The van der Waals surface area contributed by atoms with E-state index in [1.54, 1.807) is 0 Å². The fourth-order valence-electron chi connectivity index (χ4n) is 3.47. The van der Waals surface area contributed by atoms with Crippen LogP contribution in [0.5, 0.6) is 5.75 Å². The van der Waals surface area contributed by atoms with E-state index in [-0.39, 0.29) is 5.63 Å². The Morgan fingerprint density at radius 2 is 1.59 bits per heavy atom. The number of benzene rings is 3. The van der Waals surface area contributed by atoms with E-state index >= 15 is 0 Å². The lowest BCUT2D eigenvalue weighted by molar-refractivity contribution is 0.304. The molecule has 3 aromatic carbocycles. The van der Waals surface area contributed by atoms with Gasteiger partial charge in [-0.3, -0.25) is 0 Å². The molecule has 4 heteroatoms. The van der Waals surface area contributed by atoms with Crippen molar-refractivity contribution in [3.8, 4) is 5.75 Å². The highest BCUT2D eigenvalue weighted by molar-refractivity contribution is 9.10. The van der Waals surface area contributed by atoms with Crippen molar-refractivity contribution in [1.29, 1.82) is 0 Å². The first-order valence-electron chi connectivity index (χ1n) is 9.50. The predicted molar refractivity (Wildman–Crippen MR) is 120 cm³/mol. The zero-order valence-electron chi connectivity index (χ0n) is 16.4. The van der Waals surface area contributed by atoms with E-state index in [1.807, 2.05) is 80.6 Å². The lowest BCUT2D eigenvalue weighted by atomic mass is 9.98. The highest BCUT2D eigenvalue weighted by Crippen LogP contribution is 2.30. The summed E-state index contributed by atoms with van der Waals surface area (Å²) in [6.45, 7) is 4.37. The smallest absolute Gasteiger partial charge is 0.340 e. The summed E-state index contributed by atoms with van der Waals surface area (Å²) in [5.74, 6) is 0.721. The van der Waals surface area contributed by atoms with E-state index in [4.69, 9.17) is 9.15 Å². The maximum absolute atomic E-state index is 12.7. The molecule has 0 bridgehead atoms. The van der Waals surface area contributed by atoms with Crippen LogP contribution in [0, 0.1) is 13.8 Å². The van der Waals surface area contributed by atoms with Crippen molar-refractivity contribution in [3.05, 3.63) is 109 Å². The highest BCUT2D eigenvalue weighted by Gasteiger charge is 2.15. The molecule has 0 atom stereocenters. The Labute approximate surface area is 178 Å². The molecule has 0 N–H and O–H groups in total. The molecule has 1 heterocycles. The molecule has 0 saturated carbocycles. The van der Waals surface area contributed by atoms with Gasteiger partial charge in [-0.2, -0.15) is 0 Å². The molecular formula is C25H21BrO3. The van der Waals surface area contributed by atoms with Gasteiger partial charge in [-0.25, -0.2) is 4.79 Å². The van der Waals surface area contributed by atoms with Crippen molar-refractivity contribution in [1.82, 2.24) is 0 Å². The number of hydrogen-bond donors (Lipinski definition) is 0. The standard InChI is InChI=1S/C25H21BrO3/c1-16-21-12-13-23(28-15-19-8-10-20(26)11-9-19)17(2)24(21)29-25(27)22(16)14-18-6-4-3-5-7-18/h3-13H,14-15H2,1-2H3. The van der Waals surface area contributed by atoms with Gasteiger partial charge in [-0.15, -0.1) is 0 Å². The van der Waals surface area contributed by atoms with Gasteiger partial charge < -0.3 is 9.15 Å². The molecule has 0 saturated heterocycles. The molecule has 0 aliphatic heterocycles. The van der Waals surface area contributed by atoms with Gasteiger partial charge in [0, 0.05) is 27.4 Å². The van der Waals surface area contributed by atoms with Crippen LogP contribution < -0.4 is 10.4 Å². The van der Waals surface area contributed by atoms with Gasteiger partial charge in [0.25, 0.3) is 0 Å². The molecule has 3 nitrogen and oxygen atoms in total. The first-order chi connectivity index (χ1) is 14.0. The lowest BCUT2D eigenvalue weighted by Crippen LogP contribution is -2.11. The SMILES string of the molecule is Cc1c(Cc2ccccc2)c(=O)oc2c(C)c(OCc3ccc(Br)cc3)ccc12. The first-order valence-corrected chi connectivity index (χ1v) is 10.3. The molecule has 0 aliphatic rings. The quantitative estimate of drug-likeness (QED) is 0.334. The number of fused-ring (bicyclic) bond motifs is 1. The van der Waals surface area contributed by atoms with Crippen molar-refractivity contribution in [2.75, 3.05) is 0 Å². The highest BCUT2D eigenvalue weighted by atomic mass is 79.9. The van der Waals surface area contributed by atoms with Crippen LogP contribution in [0.1, 0.15) is 27.8 Å². The second-order valence-corrected chi connectivity index (χ2v) is 8.05. The monoisotopic (exact) mass is 448 g/mol. The molecule has 0 spiro atoms. The average molecular weight is 449 g/mol. The Morgan fingerprint density at radius 3 is 2.31 bits per heavy atom. The third-order valence-corrected chi connectivity index (χ3v) is 5.71. The van der Waals surface area contributed by atoms with E-state index < -0.39 is 0 Å². The number of rotatable bonds is 5. The lowest BCUT2D eigenvalue weighted by Gasteiger charge is -2.13. The van der Waals surface area contributed by atoms with Crippen molar-refractivity contribution in [2.24, 2.45) is 0 Å². The molecule has 0 unspecified atom stereocenters. The number of ether oxygens (including phenoxy) is 1. The normalized spacial score (nSPS) is 11.0. The molecule has 0 radical (unpaired) electrons. The summed E-state index contributed by atoms with van der Waals surface area (Å²) < 4.78 is 12.8. The number of aryl methyl sites for hydroxylation is 2. The van der Waals surface area contributed by atoms with Crippen molar-refractivity contribution in [2.45, 2.75) is 26.9 Å². The molecule has 29 heavy (non-hydrogen) atoms. The fraction of sp³-hybridized carbons (Fsp3) is 0.160. The summed E-state index contributed by atoms with van der Waals surface area (Å²) in [4.78, 5) is 12.7. The van der Waals surface area contributed by atoms with Crippen molar-refractivity contribution >= 4 is 26.9 Å². The van der Waals surface area contributed by atoms with E-state index in [0.29, 0.717) is 24.2 Å². The molecule has 4 aromatic rings. The van der Waals surface area contributed by atoms with Crippen LogP contribution in [0.2, 0.25) is 0 Å². The predicted octanol–water partition coefficient (Wildman–Crippen LogP) is 6.34. The van der Waals surface area contributed by atoms with Gasteiger partial charge in [0.15, 0.2) is 0 Å². The summed E-state index contributed by atoms with van der Waals surface area (Å²) in [5, 5.41) is 0.948. The molecule has 0 aliphatic carbocycles. The van der Waals surface area contributed by atoms with Crippen molar-refractivity contribution in [3.63, 3.8) is 0 Å². The minimum absolute atomic E-state index is 0.285. The van der Waals surface area contributed by atoms with E-state index in [1.165, 1.54) is 0 Å². The molecule has 4 rings (SSSR count). The third kappa shape index (κ3) is 4.13. The van der Waals surface area contributed by atoms with E-state index in [9.17, 15) is 4.79 Å². The zero-order chi connectivity index (χ0) is 20.4. The Kier molecular flexibility index (Phi) is 5.54. The average Bonchev–Trinajstić information content (AvgIpc) is 2.73. The van der Waals surface area contributed by atoms with Crippen LogP contribution in [0.3, 0.4) is 0 Å². The van der Waals surface area contributed by atoms with Crippen LogP contribution in [0.25, 0.3) is 11.0 Å². The Bertz CT molecular complexity index is 1210.